The van der Waals surface area contributed by atoms with Gasteiger partial charge in [-0.3, -0.25) is 0 Å². The minimum Gasteiger partial charge on any atom is -0.744 e. The van der Waals surface area contributed by atoms with E-state index in [1.165, 1.54) is 44.6 Å². The summed E-state index contributed by atoms with van der Waals surface area (Å²) in [5.41, 5.74) is 7.21. The van der Waals surface area contributed by atoms with Crippen molar-refractivity contribution in [2.75, 3.05) is 18.0 Å². The van der Waals surface area contributed by atoms with E-state index in [-0.39, 0.29) is 4.90 Å². The Kier molecular flexibility index (Phi) is 14.6. The first-order chi connectivity index (χ1) is 25.8. The quantitative estimate of drug-likeness (QED) is 0.0756. The summed E-state index contributed by atoms with van der Waals surface area (Å²) in [5.74, 6) is 1.11. The fourth-order valence-electron chi connectivity index (χ4n) is 7.27. The lowest BCUT2D eigenvalue weighted by Gasteiger charge is -2.30. The molecule has 5 nitrogen and oxygen atoms in total. The molecule has 0 aliphatic heterocycles. The van der Waals surface area contributed by atoms with Gasteiger partial charge in [0.2, 0.25) is 11.4 Å². The Balaban J connectivity index is 1.61. The summed E-state index contributed by atoms with van der Waals surface area (Å²) in [6.45, 7) is 10.8. The first kappa shape index (κ1) is 39.7. The number of hydrogen-bond acceptors (Lipinski definition) is 4. The molecule has 1 aliphatic carbocycles. The summed E-state index contributed by atoms with van der Waals surface area (Å²) in [5, 5.41) is 0. The largest absolute Gasteiger partial charge is 0.744 e. The molecule has 278 valence electrons. The third-order valence-corrected chi connectivity index (χ3v) is 11.4. The summed E-state index contributed by atoms with van der Waals surface area (Å²) in [4.78, 5) is 2.17. The summed E-state index contributed by atoms with van der Waals surface area (Å²) in [6.07, 6.45) is 17.7. The van der Waals surface area contributed by atoms with Crippen molar-refractivity contribution in [1.82, 2.24) is 0 Å². The number of para-hydroxylation sites is 2. The highest BCUT2D eigenvalue weighted by atomic mass is 32.2. The van der Waals surface area contributed by atoms with Crippen molar-refractivity contribution in [3.63, 3.8) is 0 Å². The molecule has 0 fully saturated rings. The van der Waals surface area contributed by atoms with Crippen molar-refractivity contribution >= 4 is 38.5 Å². The van der Waals surface area contributed by atoms with Crippen LogP contribution in [0.3, 0.4) is 0 Å². The van der Waals surface area contributed by atoms with Gasteiger partial charge in [0.1, 0.15) is 10.1 Å². The average Bonchev–Trinajstić information content (AvgIpc) is 3.19. The van der Waals surface area contributed by atoms with Crippen LogP contribution in [-0.4, -0.2) is 36.3 Å². The number of allylic oxidation sites excluding steroid dienone is 5. The standard InChI is InChI=1S/C47H56N2O3S/c1-5-9-19-37(7-3)35-48(41-21-13-11-14-22-41)43-31-27-39(28-32-43)47(45-25-17-18-26-46(45)53(50,51)52)40-29-33-44(34-30-40)49(42-23-15-12-16-24-42)36-38(8-4)20-10-6-2/h11-18,21-34,37-38H,5-10,19-20,35-36H2,1-4H3. The van der Waals surface area contributed by atoms with Gasteiger partial charge in [0, 0.05) is 53.7 Å². The van der Waals surface area contributed by atoms with Crippen LogP contribution >= 0.6 is 0 Å². The minimum absolute atomic E-state index is 0.219. The zero-order valence-electron chi connectivity index (χ0n) is 32.0. The van der Waals surface area contributed by atoms with Gasteiger partial charge in [-0.1, -0.05) is 127 Å². The van der Waals surface area contributed by atoms with E-state index in [1.807, 2.05) is 12.1 Å². The van der Waals surface area contributed by atoms with Crippen LogP contribution in [0.25, 0.3) is 5.57 Å². The Morgan fingerprint density at radius 3 is 1.79 bits per heavy atom. The molecule has 2 unspecified atom stereocenters. The van der Waals surface area contributed by atoms with E-state index in [1.54, 1.807) is 18.2 Å². The third-order valence-electron chi connectivity index (χ3n) is 10.5. The van der Waals surface area contributed by atoms with Crippen LogP contribution in [0.15, 0.2) is 144 Å². The topological polar surface area (TPSA) is 63.5 Å². The fraction of sp³-hybridized carbons (Fsp3) is 0.340. The third kappa shape index (κ3) is 10.6. The van der Waals surface area contributed by atoms with E-state index in [0.717, 1.165) is 59.8 Å². The van der Waals surface area contributed by atoms with Crippen molar-refractivity contribution in [2.45, 2.75) is 84.0 Å². The number of rotatable bonds is 18. The van der Waals surface area contributed by atoms with E-state index in [0.29, 0.717) is 23.0 Å². The SMILES string of the molecule is CCCCC(CC)CN(c1ccccc1)c1ccc(C(=C2C=CC(=[N+](CC(CC)CCCC)c3ccccc3)C=C2)c2ccccc2S(=O)(=O)[O-])cc1. The molecule has 53 heavy (non-hydrogen) atoms. The number of nitrogens with zero attached hydrogens (tertiary/aromatic N) is 2. The average molecular weight is 729 g/mol. The van der Waals surface area contributed by atoms with E-state index in [4.69, 9.17) is 0 Å². The summed E-state index contributed by atoms with van der Waals surface area (Å²) < 4.78 is 40.3. The molecule has 0 amide bonds. The monoisotopic (exact) mass is 728 g/mol. The molecule has 0 radical (unpaired) electrons. The highest BCUT2D eigenvalue weighted by molar-refractivity contribution is 7.85. The molecule has 1 aliphatic rings. The highest BCUT2D eigenvalue weighted by Crippen LogP contribution is 2.36. The van der Waals surface area contributed by atoms with Crippen LogP contribution in [0.4, 0.5) is 17.1 Å². The van der Waals surface area contributed by atoms with Gasteiger partial charge in [-0.2, -0.15) is 4.58 Å². The molecule has 4 aromatic carbocycles. The first-order valence-electron chi connectivity index (χ1n) is 19.6. The van der Waals surface area contributed by atoms with Crippen LogP contribution in [0, 0.1) is 11.8 Å². The Morgan fingerprint density at radius 1 is 0.660 bits per heavy atom. The van der Waals surface area contributed by atoms with Crippen molar-refractivity contribution in [1.29, 1.82) is 0 Å². The second kappa shape index (κ2) is 19.5. The maximum absolute atomic E-state index is 12.7. The predicted octanol–water partition coefficient (Wildman–Crippen LogP) is 11.9. The van der Waals surface area contributed by atoms with Gasteiger partial charge in [-0.15, -0.1) is 0 Å². The highest BCUT2D eigenvalue weighted by Gasteiger charge is 2.23. The van der Waals surface area contributed by atoms with E-state index in [2.05, 4.69) is 134 Å². The van der Waals surface area contributed by atoms with Crippen molar-refractivity contribution in [3.05, 3.63) is 150 Å². The molecule has 0 saturated carbocycles. The van der Waals surface area contributed by atoms with Gasteiger partial charge in [-0.05, 0) is 84.4 Å². The molecular formula is C47H56N2O3S. The van der Waals surface area contributed by atoms with Gasteiger partial charge < -0.3 is 9.45 Å². The second-order valence-electron chi connectivity index (χ2n) is 14.1. The number of hydrogen-bond donors (Lipinski definition) is 0. The van der Waals surface area contributed by atoms with Gasteiger partial charge in [0.15, 0.2) is 6.54 Å². The van der Waals surface area contributed by atoms with Crippen LogP contribution < -0.4 is 4.90 Å². The lowest BCUT2D eigenvalue weighted by molar-refractivity contribution is -0.448. The van der Waals surface area contributed by atoms with Crippen LogP contribution in [0.5, 0.6) is 0 Å². The maximum atomic E-state index is 12.7. The molecule has 0 heterocycles. The van der Waals surface area contributed by atoms with Crippen LogP contribution in [0.1, 0.15) is 90.2 Å². The van der Waals surface area contributed by atoms with E-state index < -0.39 is 10.1 Å². The van der Waals surface area contributed by atoms with Crippen LogP contribution in [0.2, 0.25) is 0 Å². The molecule has 0 aromatic heterocycles. The molecule has 0 spiro atoms. The summed E-state index contributed by atoms with van der Waals surface area (Å²) in [6, 6.07) is 35.9. The Labute approximate surface area is 318 Å². The van der Waals surface area contributed by atoms with Crippen LogP contribution in [-0.2, 0) is 10.1 Å². The van der Waals surface area contributed by atoms with Crippen molar-refractivity contribution in [2.24, 2.45) is 11.8 Å². The Hall–Kier alpha value is -4.52. The molecule has 6 heteroatoms. The number of anilines is 2. The molecule has 0 bridgehead atoms. The van der Waals surface area contributed by atoms with Crippen molar-refractivity contribution < 1.29 is 17.5 Å². The molecule has 2 atom stereocenters. The lowest BCUT2D eigenvalue weighted by atomic mass is 9.90. The summed E-state index contributed by atoms with van der Waals surface area (Å²) >= 11 is 0. The normalized spacial score (nSPS) is 13.9. The number of unbranched alkanes of at least 4 members (excludes halogenated alkanes) is 2. The minimum atomic E-state index is -4.75. The van der Waals surface area contributed by atoms with Crippen molar-refractivity contribution in [3.8, 4) is 0 Å². The molecule has 0 N–H and O–H groups in total. The smallest absolute Gasteiger partial charge is 0.205 e. The van der Waals surface area contributed by atoms with E-state index >= 15 is 0 Å². The molecular weight excluding hydrogens is 673 g/mol. The predicted molar refractivity (Wildman–Crippen MR) is 221 cm³/mol. The molecule has 5 rings (SSSR count). The van der Waals surface area contributed by atoms with Gasteiger partial charge in [0.05, 0.1) is 4.90 Å². The summed E-state index contributed by atoms with van der Waals surface area (Å²) in [7, 11) is -4.75. The zero-order chi connectivity index (χ0) is 37.6. The second-order valence-corrected chi connectivity index (χ2v) is 15.5. The zero-order valence-corrected chi connectivity index (χ0v) is 32.8. The molecule has 4 aromatic rings. The van der Waals surface area contributed by atoms with Gasteiger partial charge >= 0.3 is 0 Å². The van der Waals surface area contributed by atoms with E-state index in [9.17, 15) is 13.0 Å². The van der Waals surface area contributed by atoms with Gasteiger partial charge in [-0.25, -0.2) is 8.42 Å². The Morgan fingerprint density at radius 2 is 1.21 bits per heavy atom. The molecule has 0 saturated heterocycles. The number of benzene rings is 4. The fourth-order valence-corrected chi connectivity index (χ4v) is 7.96. The maximum Gasteiger partial charge on any atom is 0.205 e. The van der Waals surface area contributed by atoms with Gasteiger partial charge in [0.25, 0.3) is 0 Å². The Bertz CT molecular complexity index is 1980. The first-order valence-corrected chi connectivity index (χ1v) is 21.0. The lowest BCUT2D eigenvalue weighted by Crippen LogP contribution is -2.25.